The molecular weight excluding hydrogens is 280 g/mol. The molecule has 2 aromatic rings. The third-order valence-corrected chi connectivity index (χ3v) is 3.95. The first kappa shape index (κ1) is 16.2. The van der Waals surface area contributed by atoms with Crippen molar-refractivity contribution in [2.24, 2.45) is 18.7 Å². The highest BCUT2D eigenvalue weighted by atomic mass is 16.1. The molecule has 0 amide bonds. The van der Waals surface area contributed by atoms with Gasteiger partial charge in [-0.2, -0.15) is 10.2 Å². The van der Waals surface area contributed by atoms with Gasteiger partial charge in [-0.1, -0.05) is 13.3 Å². The van der Waals surface area contributed by atoms with Gasteiger partial charge in [0.2, 0.25) is 0 Å². The van der Waals surface area contributed by atoms with Gasteiger partial charge in [0.25, 0.3) is 5.56 Å². The standard InChI is InChI=1S/C14H19N5O.CH5N/c1-9-3-4-10(7-9)11-8-13(17-16-11)15-12-5-6-14(20)19(2)18-12;1-2/h5-6,8-10H,3-4,7H2,1-2H3,(H2,15,16,17,18);2H2,1H3. The van der Waals surface area contributed by atoms with E-state index in [9.17, 15) is 4.79 Å². The molecule has 1 aliphatic carbocycles. The Balaban J connectivity index is 0.000000847. The molecule has 1 aliphatic rings. The molecule has 22 heavy (non-hydrogen) atoms. The van der Waals surface area contributed by atoms with Crippen molar-refractivity contribution in [2.45, 2.75) is 32.1 Å². The minimum Gasteiger partial charge on any atom is -0.333 e. The smallest absolute Gasteiger partial charge is 0.266 e. The topological polar surface area (TPSA) is 102 Å². The Hall–Kier alpha value is -2.15. The number of H-pyrrole nitrogens is 1. The Bertz CT molecular complexity index is 662. The maximum absolute atomic E-state index is 11.3. The number of nitrogens with zero attached hydrogens (tertiary/aromatic N) is 3. The second kappa shape index (κ2) is 7.22. The van der Waals surface area contributed by atoms with Crippen LogP contribution in [0.15, 0.2) is 23.0 Å². The van der Waals surface area contributed by atoms with Crippen LogP contribution in [0, 0.1) is 5.92 Å². The number of aryl methyl sites for hydroxylation is 1. The minimum absolute atomic E-state index is 0.127. The highest BCUT2D eigenvalue weighted by Gasteiger charge is 2.24. The predicted octanol–water partition coefficient (Wildman–Crippen LogP) is 1.73. The van der Waals surface area contributed by atoms with Crippen LogP contribution in [-0.4, -0.2) is 27.0 Å². The highest BCUT2D eigenvalue weighted by Crippen LogP contribution is 2.37. The molecule has 2 heterocycles. The second-order valence-electron chi connectivity index (χ2n) is 5.63. The van der Waals surface area contributed by atoms with Gasteiger partial charge in [-0.3, -0.25) is 9.89 Å². The first-order valence-corrected chi connectivity index (χ1v) is 7.56. The van der Waals surface area contributed by atoms with Gasteiger partial charge in [0, 0.05) is 30.8 Å². The van der Waals surface area contributed by atoms with E-state index in [0.717, 1.165) is 11.7 Å². The van der Waals surface area contributed by atoms with Crippen molar-refractivity contribution in [3.63, 3.8) is 0 Å². The molecule has 2 atom stereocenters. The van der Waals surface area contributed by atoms with Crippen LogP contribution in [0.5, 0.6) is 0 Å². The van der Waals surface area contributed by atoms with Crippen LogP contribution in [0.4, 0.5) is 11.6 Å². The first-order chi connectivity index (χ1) is 10.6. The summed E-state index contributed by atoms with van der Waals surface area (Å²) in [6, 6.07) is 5.19. The third kappa shape index (κ3) is 3.73. The fourth-order valence-electron chi connectivity index (χ4n) is 2.80. The lowest BCUT2D eigenvalue weighted by Gasteiger charge is -2.05. The quantitative estimate of drug-likeness (QED) is 0.801. The number of hydrogen-bond acceptors (Lipinski definition) is 5. The molecule has 0 aliphatic heterocycles. The van der Waals surface area contributed by atoms with Crippen molar-refractivity contribution in [1.82, 2.24) is 20.0 Å². The number of nitrogens with one attached hydrogen (secondary N) is 2. The van der Waals surface area contributed by atoms with Gasteiger partial charge in [0.05, 0.1) is 0 Å². The fourth-order valence-corrected chi connectivity index (χ4v) is 2.80. The van der Waals surface area contributed by atoms with Crippen molar-refractivity contribution < 1.29 is 0 Å². The molecule has 4 N–H and O–H groups in total. The number of anilines is 2. The van der Waals surface area contributed by atoms with Gasteiger partial charge < -0.3 is 11.1 Å². The predicted molar refractivity (Wildman–Crippen MR) is 87.2 cm³/mol. The Morgan fingerprint density at radius 2 is 2.09 bits per heavy atom. The monoisotopic (exact) mass is 304 g/mol. The second-order valence-corrected chi connectivity index (χ2v) is 5.63. The Kier molecular flexibility index (Phi) is 5.32. The molecule has 0 aromatic carbocycles. The van der Waals surface area contributed by atoms with Crippen LogP contribution in [0.1, 0.15) is 37.8 Å². The average Bonchev–Trinajstić information content (AvgIpc) is 3.14. The van der Waals surface area contributed by atoms with Gasteiger partial charge in [-0.15, -0.1) is 0 Å². The molecule has 3 rings (SSSR count). The lowest BCUT2D eigenvalue weighted by molar-refractivity contribution is 0.591. The number of rotatable bonds is 3. The van der Waals surface area contributed by atoms with Crippen molar-refractivity contribution in [2.75, 3.05) is 12.4 Å². The summed E-state index contributed by atoms with van der Waals surface area (Å²) in [7, 11) is 3.13. The van der Waals surface area contributed by atoms with Crippen LogP contribution in [0.3, 0.4) is 0 Å². The lowest BCUT2D eigenvalue weighted by Crippen LogP contribution is -2.18. The fraction of sp³-hybridized carbons (Fsp3) is 0.533. The zero-order chi connectivity index (χ0) is 16.1. The zero-order valence-electron chi connectivity index (χ0n) is 13.3. The van der Waals surface area contributed by atoms with Crippen LogP contribution in [0.2, 0.25) is 0 Å². The van der Waals surface area contributed by atoms with E-state index in [-0.39, 0.29) is 5.56 Å². The Morgan fingerprint density at radius 3 is 2.73 bits per heavy atom. The van der Waals surface area contributed by atoms with E-state index in [1.54, 1.807) is 13.1 Å². The third-order valence-electron chi connectivity index (χ3n) is 3.95. The molecular formula is C15H24N6O. The van der Waals surface area contributed by atoms with Crippen LogP contribution in [0.25, 0.3) is 0 Å². The number of aromatic nitrogens is 4. The summed E-state index contributed by atoms with van der Waals surface area (Å²) >= 11 is 0. The normalized spacial score (nSPS) is 20.4. The summed E-state index contributed by atoms with van der Waals surface area (Å²) in [5.41, 5.74) is 5.56. The van der Waals surface area contributed by atoms with Crippen molar-refractivity contribution >= 4 is 11.6 Å². The first-order valence-electron chi connectivity index (χ1n) is 7.56. The van der Waals surface area contributed by atoms with E-state index < -0.39 is 0 Å². The van der Waals surface area contributed by atoms with Gasteiger partial charge in [-0.25, -0.2) is 4.68 Å². The van der Waals surface area contributed by atoms with E-state index in [1.165, 1.54) is 42.8 Å². The summed E-state index contributed by atoms with van der Waals surface area (Å²) in [6.07, 6.45) is 3.73. The largest absolute Gasteiger partial charge is 0.333 e. The summed E-state index contributed by atoms with van der Waals surface area (Å²) in [5, 5.41) is 14.6. The Morgan fingerprint density at radius 1 is 1.32 bits per heavy atom. The molecule has 7 nitrogen and oxygen atoms in total. The number of aromatic amines is 1. The van der Waals surface area contributed by atoms with Gasteiger partial charge in [-0.05, 0) is 31.9 Å². The molecule has 0 spiro atoms. The lowest BCUT2D eigenvalue weighted by atomic mass is 10.0. The van der Waals surface area contributed by atoms with Crippen LogP contribution >= 0.6 is 0 Å². The number of hydrogen-bond donors (Lipinski definition) is 3. The zero-order valence-corrected chi connectivity index (χ0v) is 13.3. The minimum atomic E-state index is -0.127. The molecule has 2 unspecified atom stereocenters. The Labute approximate surface area is 129 Å². The van der Waals surface area contributed by atoms with Crippen molar-refractivity contribution in [3.8, 4) is 0 Å². The summed E-state index contributed by atoms with van der Waals surface area (Å²) < 4.78 is 1.30. The van der Waals surface area contributed by atoms with E-state index in [2.05, 4.69) is 33.3 Å². The van der Waals surface area contributed by atoms with E-state index in [4.69, 9.17) is 0 Å². The van der Waals surface area contributed by atoms with Crippen LogP contribution < -0.4 is 16.6 Å². The molecule has 0 saturated heterocycles. The summed E-state index contributed by atoms with van der Waals surface area (Å²) in [6.45, 7) is 2.30. The molecule has 1 fully saturated rings. The van der Waals surface area contributed by atoms with Crippen molar-refractivity contribution in [1.29, 1.82) is 0 Å². The van der Waals surface area contributed by atoms with Crippen molar-refractivity contribution in [3.05, 3.63) is 34.2 Å². The molecule has 0 radical (unpaired) electrons. The average molecular weight is 304 g/mol. The summed E-state index contributed by atoms with van der Waals surface area (Å²) in [5.74, 6) is 2.74. The maximum Gasteiger partial charge on any atom is 0.266 e. The molecule has 1 saturated carbocycles. The van der Waals surface area contributed by atoms with Crippen LogP contribution in [-0.2, 0) is 7.05 Å². The molecule has 120 valence electrons. The van der Waals surface area contributed by atoms with E-state index >= 15 is 0 Å². The summed E-state index contributed by atoms with van der Waals surface area (Å²) in [4.78, 5) is 11.3. The van der Waals surface area contributed by atoms with Gasteiger partial charge in [0.1, 0.15) is 0 Å². The number of nitrogens with two attached hydrogens (primary N) is 1. The molecule has 0 bridgehead atoms. The van der Waals surface area contributed by atoms with E-state index in [1.807, 2.05) is 6.07 Å². The maximum atomic E-state index is 11.3. The molecule has 7 heteroatoms. The van der Waals surface area contributed by atoms with E-state index in [0.29, 0.717) is 11.7 Å². The SMILES string of the molecule is CC1CCC(c2cc(Nc3ccc(=O)n(C)n3)n[nH]2)C1.CN. The van der Waals surface area contributed by atoms with Gasteiger partial charge in [0.15, 0.2) is 11.6 Å². The molecule has 2 aromatic heterocycles. The highest BCUT2D eigenvalue weighted by molar-refractivity contribution is 5.51. The van der Waals surface area contributed by atoms with Gasteiger partial charge >= 0.3 is 0 Å².